The van der Waals surface area contributed by atoms with Crippen molar-refractivity contribution in [2.24, 2.45) is 0 Å². The van der Waals surface area contributed by atoms with Crippen LogP contribution in [0.25, 0.3) is 0 Å². The third-order valence-corrected chi connectivity index (χ3v) is 7.38. The van der Waals surface area contributed by atoms with E-state index in [1.54, 1.807) is 4.90 Å². The summed E-state index contributed by atoms with van der Waals surface area (Å²) in [7, 11) is 0. The smallest absolute Gasteiger partial charge is 0.319 e. The van der Waals surface area contributed by atoms with E-state index in [4.69, 9.17) is 4.74 Å². The van der Waals surface area contributed by atoms with Gasteiger partial charge in [0.15, 0.2) is 5.41 Å². The Hall–Kier alpha value is -4.96. The number of hydrogen-bond donors (Lipinski definition) is 0. The van der Waals surface area contributed by atoms with Gasteiger partial charge >= 0.3 is 5.97 Å². The van der Waals surface area contributed by atoms with Gasteiger partial charge < -0.3 is 4.74 Å². The fraction of sp³-hybridized carbons (Fsp3) is 0.0857. The number of esters is 1. The van der Waals surface area contributed by atoms with Crippen molar-refractivity contribution in [1.29, 1.82) is 0 Å². The molecule has 5 aromatic rings. The van der Waals surface area contributed by atoms with Crippen LogP contribution < -0.4 is 4.90 Å². The van der Waals surface area contributed by atoms with Crippen molar-refractivity contribution in [3.8, 4) is 0 Å². The van der Waals surface area contributed by atoms with Crippen LogP contribution in [0.1, 0.15) is 28.2 Å². The molecule has 1 aliphatic rings. The molecule has 1 atom stereocenters. The van der Waals surface area contributed by atoms with Gasteiger partial charge in [0.05, 0.1) is 0 Å². The average molecular weight is 510 g/mol. The Morgan fingerprint density at radius 3 is 1.41 bits per heavy atom. The van der Waals surface area contributed by atoms with Gasteiger partial charge in [0.2, 0.25) is 6.23 Å². The van der Waals surface area contributed by atoms with Gasteiger partial charge in [-0.15, -0.1) is 0 Å². The lowest BCUT2D eigenvalue weighted by molar-refractivity contribution is -0.164. The molecule has 0 saturated carbocycles. The third kappa shape index (κ3) is 4.20. The molecule has 0 aromatic heterocycles. The first-order valence-corrected chi connectivity index (χ1v) is 13.0. The Bertz CT molecular complexity index is 1480. The van der Waals surface area contributed by atoms with E-state index in [1.807, 2.05) is 152 Å². The van der Waals surface area contributed by atoms with E-state index >= 15 is 0 Å². The largest absolute Gasteiger partial charge is 0.438 e. The lowest BCUT2D eigenvalue weighted by atomic mass is 9.65. The number of nitrogens with zero attached hydrogens (tertiary/aromatic N) is 1. The standard InChI is InChI=1S/C35H27NO3/c37-32(31(26-16-6-1-7-17-26)27-18-8-2-9-19-27)39-34-35(28-20-10-3-11-21-28,29-22-12-4-13-23-29)33(38)36(34)30-24-14-5-15-25-30/h1-25,31,34H. The Morgan fingerprint density at radius 1 is 0.590 bits per heavy atom. The molecule has 4 nitrogen and oxygen atoms in total. The number of hydrogen-bond acceptors (Lipinski definition) is 3. The average Bonchev–Trinajstić information content (AvgIpc) is 3.00. The summed E-state index contributed by atoms with van der Waals surface area (Å²) in [5.74, 6) is -1.20. The summed E-state index contributed by atoms with van der Waals surface area (Å²) in [5.41, 5.74) is 2.71. The van der Waals surface area contributed by atoms with E-state index in [-0.39, 0.29) is 5.91 Å². The van der Waals surface area contributed by atoms with E-state index in [0.29, 0.717) is 5.69 Å². The minimum absolute atomic E-state index is 0.139. The number of amides is 1. The minimum Gasteiger partial charge on any atom is -0.438 e. The van der Waals surface area contributed by atoms with Crippen LogP contribution in [0.5, 0.6) is 0 Å². The van der Waals surface area contributed by atoms with Crippen LogP contribution in [0.4, 0.5) is 5.69 Å². The molecule has 190 valence electrons. The van der Waals surface area contributed by atoms with Crippen molar-refractivity contribution in [3.05, 3.63) is 174 Å². The molecule has 0 bridgehead atoms. The first kappa shape index (κ1) is 24.4. The Morgan fingerprint density at radius 2 is 0.974 bits per heavy atom. The predicted molar refractivity (Wildman–Crippen MR) is 152 cm³/mol. The Labute approximate surface area is 228 Å². The number of benzene rings is 5. The number of anilines is 1. The molecule has 39 heavy (non-hydrogen) atoms. The lowest BCUT2D eigenvalue weighted by Crippen LogP contribution is -2.74. The summed E-state index contributed by atoms with van der Waals surface area (Å²) in [5, 5.41) is 0. The van der Waals surface area contributed by atoms with Crippen LogP contribution in [0.3, 0.4) is 0 Å². The maximum atomic E-state index is 14.3. The number of rotatable bonds is 7. The molecular formula is C35H27NO3. The fourth-order valence-electron chi connectivity index (χ4n) is 5.55. The van der Waals surface area contributed by atoms with Gasteiger partial charge in [-0.05, 0) is 34.4 Å². The SMILES string of the molecule is O=C(OC1N(c2ccccc2)C(=O)C1(c1ccccc1)c1ccccc1)C(c1ccccc1)c1ccccc1. The molecule has 0 aliphatic carbocycles. The second-order valence-corrected chi connectivity index (χ2v) is 9.59. The first-order chi connectivity index (χ1) is 19.2. The summed E-state index contributed by atoms with van der Waals surface area (Å²) in [6.45, 7) is 0. The highest BCUT2D eigenvalue weighted by molar-refractivity contribution is 6.12. The highest BCUT2D eigenvalue weighted by Crippen LogP contribution is 2.50. The van der Waals surface area contributed by atoms with Crippen LogP contribution in [0, 0.1) is 0 Å². The molecule has 4 heteroatoms. The molecule has 1 fully saturated rings. The zero-order valence-electron chi connectivity index (χ0n) is 21.3. The molecule has 0 spiro atoms. The predicted octanol–water partition coefficient (Wildman–Crippen LogP) is 6.72. The maximum absolute atomic E-state index is 14.3. The van der Waals surface area contributed by atoms with Crippen molar-refractivity contribution in [1.82, 2.24) is 0 Å². The zero-order valence-corrected chi connectivity index (χ0v) is 21.3. The highest BCUT2D eigenvalue weighted by atomic mass is 16.6. The van der Waals surface area contributed by atoms with E-state index in [9.17, 15) is 9.59 Å². The van der Waals surface area contributed by atoms with Crippen LogP contribution >= 0.6 is 0 Å². The van der Waals surface area contributed by atoms with E-state index < -0.39 is 23.5 Å². The molecule has 5 aromatic carbocycles. The van der Waals surface area contributed by atoms with E-state index in [2.05, 4.69) is 0 Å². The van der Waals surface area contributed by atoms with Crippen LogP contribution in [-0.2, 0) is 19.7 Å². The van der Waals surface area contributed by atoms with E-state index in [1.165, 1.54) is 0 Å². The van der Waals surface area contributed by atoms with Crippen LogP contribution in [-0.4, -0.2) is 18.1 Å². The minimum atomic E-state index is -1.19. The number of para-hydroxylation sites is 1. The molecule has 1 unspecified atom stereocenters. The van der Waals surface area contributed by atoms with Crippen LogP contribution in [0.15, 0.2) is 152 Å². The molecule has 1 heterocycles. The number of β-lactam (4-membered cyclic amide) rings is 1. The number of carbonyl (C=O) groups excluding carboxylic acids is 2. The van der Waals surface area contributed by atoms with Gasteiger partial charge in [-0.2, -0.15) is 0 Å². The second-order valence-electron chi connectivity index (χ2n) is 9.59. The van der Waals surface area contributed by atoms with Crippen LogP contribution in [0.2, 0.25) is 0 Å². The maximum Gasteiger partial charge on any atom is 0.319 e. The van der Waals surface area contributed by atoms with Crippen molar-refractivity contribution in [2.75, 3.05) is 4.90 Å². The molecule has 1 aliphatic heterocycles. The Balaban J connectivity index is 1.50. The first-order valence-electron chi connectivity index (χ1n) is 13.0. The van der Waals surface area contributed by atoms with Gasteiger partial charge in [-0.25, -0.2) is 0 Å². The molecule has 6 rings (SSSR count). The molecular weight excluding hydrogens is 482 g/mol. The summed E-state index contributed by atoms with van der Waals surface area (Å²) in [6, 6.07) is 47.8. The normalized spacial score (nSPS) is 16.0. The summed E-state index contributed by atoms with van der Waals surface area (Å²) in [6.07, 6.45) is -0.889. The molecule has 1 saturated heterocycles. The summed E-state index contributed by atoms with van der Waals surface area (Å²) >= 11 is 0. The highest BCUT2D eigenvalue weighted by Gasteiger charge is 2.66. The van der Waals surface area contributed by atoms with Gasteiger partial charge in [-0.1, -0.05) is 140 Å². The zero-order chi connectivity index (χ0) is 26.7. The third-order valence-electron chi connectivity index (χ3n) is 7.38. The second kappa shape index (κ2) is 10.4. The number of ether oxygens (including phenoxy) is 1. The monoisotopic (exact) mass is 509 g/mol. The van der Waals surface area contributed by atoms with Gasteiger partial charge in [0, 0.05) is 5.69 Å². The fourth-order valence-corrected chi connectivity index (χ4v) is 5.55. The summed E-state index contributed by atoms with van der Waals surface area (Å²) in [4.78, 5) is 30.1. The molecule has 0 radical (unpaired) electrons. The van der Waals surface area contributed by atoms with Gasteiger partial charge in [-0.3, -0.25) is 14.5 Å². The Kier molecular flexibility index (Phi) is 6.52. The quantitative estimate of drug-likeness (QED) is 0.181. The van der Waals surface area contributed by atoms with Gasteiger partial charge in [0.1, 0.15) is 5.92 Å². The van der Waals surface area contributed by atoms with Crippen molar-refractivity contribution < 1.29 is 14.3 Å². The van der Waals surface area contributed by atoms with Crippen molar-refractivity contribution >= 4 is 17.6 Å². The topological polar surface area (TPSA) is 46.6 Å². The lowest BCUT2D eigenvalue weighted by Gasteiger charge is -2.55. The van der Waals surface area contributed by atoms with Crippen molar-refractivity contribution in [3.63, 3.8) is 0 Å². The van der Waals surface area contributed by atoms with Gasteiger partial charge in [0.25, 0.3) is 5.91 Å². The van der Waals surface area contributed by atoms with Crippen molar-refractivity contribution in [2.45, 2.75) is 17.6 Å². The number of carbonyl (C=O) groups is 2. The molecule has 0 N–H and O–H groups in total. The summed E-state index contributed by atoms with van der Waals surface area (Å²) < 4.78 is 6.49. The molecule has 1 amide bonds. The van der Waals surface area contributed by atoms with E-state index in [0.717, 1.165) is 22.3 Å².